The number of methoxy groups -OCH3 is 2. The minimum atomic E-state index is 0.402. The molecular formula is C17H22N2O2. The molecule has 0 saturated heterocycles. The first kappa shape index (κ1) is 14.1. The standard InChI is InChI=1S/C17H22N2O2/c1-20-11-9-17(7-8-17)12-19-16-14-4-3-5-15(21-2)13(14)6-10-18-16/h3-6,10H,7-9,11-12H2,1-2H3,(H,18,19). The molecule has 0 amide bonds. The highest BCUT2D eigenvalue weighted by molar-refractivity contribution is 5.95. The zero-order valence-corrected chi connectivity index (χ0v) is 12.7. The molecule has 0 atom stereocenters. The Bertz CT molecular complexity index is 623. The molecule has 1 aromatic heterocycles. The summed E-state index contributed by atoms with van der Waals surface area (Å²) in [5.41, 5.74) is 0.402. The van der Waals surface area contributed by atoms with Crippen molar-refractivity contribution in [1.29, 1.82) is 0 Å². The summed E-state index contributed by atoms with van der Waals surface area (Å²) in [6, 6.07) is 8.07. The van der Waals surface area contributed by atoms with Crippen LogP contribution >= 0.6 is 0 Å². The first-order valence-electron chi connectivity index (χ1n) is 7.42. The number of anilines is 1. The number of benzene rings is 1. The maximum Gasteiger partial charge on any atom is 0.133 e. The molecule has 1 aliphatic carbocycles. The molecule has 1 aliphatic rings. The van der Waals surface area contributed by atoms with Crippen LogP contribution in [0.25, 0.3) is 10.8 Å². The molecule has 21 heavy (non-hydrogen) atoms. The van der Waals surface area contributed by atoms with Gasteiger partial charge in [0.1, 0.15) is 11.6 Å². The quantitative estimate of drug-likeness (QED) is 0.846. The van der Waals surface area contributed by atoms with Gasteiger partial charge in [-0.3, -0.25) is 0 Å². The Morgan fingerprint density at radius 2 is 2.05 bits per heavy atom. The minimum absolute atomic E-state index is 0.402. The van der Waals surface area contributed by atoms with E-state index in [0.717, 1.165) is 41.9 Å². The van der Waals surface area contributed by atoms with E-state index in [1.54, 1.807) is 14.2 Å². The summed E-state index contributed by atoms with van der Waals surface area (Å²) in [5, 5.41) is 5.74. The Morgan fingerprint density at radius 3 is 2.76 bits per heavy atom. The van der Waals surface area contributed by atoms with Crippen molar-refractivity contribution < 1.29 is 9.47 Å². The number of fused-ring (bicyclic) bond motifs is 1. The Labute approximate surface area is 125 Å². The Hall–Kier alpha value is -1.81. The lowest BCUT2D eigenvalue weighted by molar-refractivity contribution is 0.175. The van der Waals surface area contributed by atoms with E-state index in [9.17, 15) is 0 Å². The first-order valence-corrected chi connectivity index (χ1v) is 7.42. The molecule has 0 radical (unpaired) electrons. The van der Waals surface area contributed by atoms with Crippen molar-refractivity contribution in [2.24, 2.45) is 5.41 Å². The van der Waals surface area contributed by atoms with Crippen molar-refractivity contribution in [2.75, 3.05) is 32.7 Å². The molecule has 0 spiro atoms. The second-order valence-electron chi connectivity index (χ2n) is 5.81. The van der Waals surface area contributed by atoms with Crippen LogP contribution in [0.3, 0.4) is 0 Å². The van der Waals surface area contributed by atoms with Gasteiger partial charge in [-0.1, -0.05) is 12.1 Å². The summed E-state index contributed by atoms with van der Waals surface area (Å²) in [7, 11) is 3.47. The van der Waals surface area contributed by atoms with Crippen LogP contribution in [0.15, 0.2) is 30.5 Å². The number of aromatic nitrogens is 1. The van der Waals surface area contributed by atoms with Gasteiger partial charge in [-0.05, 0) is 36.8 Å². The van der Waals surface area contributed by atoms with Gasteiger partial charge in [-0.25, -0.2) is 4.98 Å². The van der Waals surface area contributed by atoms with Crippen LogP contribution in [0.1, 0.15) is 19.3 Å². The van der Waals surface area contributed by atoms with E-state index in [0.29, 0.717) is 5.41 Å². The average molecular weight is 286 g/mol. The largest absolute Gasteiger partial charge is 0.496 e. The van der Waals surface area contributed by atoms with Crippen LogP contribution in [0.4, 0.5) is 5.82 Å². The highest BCUT2D eigenvalue weighted by Crippen LogP contribution is 2.48. The molecule has 1 aromatic carbocycles. The predicted molar refractivity (Wildman–Crippen MR) is 84.9 cm³/mol. The van der Waals surface area contributed by atoms with Crippen molar-refractivity contribution >= 4 is 16.6 Å². The van der Waals surface area contributed by atoms with Gasteiger partial charge < -0.3 is 14.8 Å². The van der Waals surface area contributed by atoms with Crippen molar-refractivity contribution in [2.45, 2.75) is 19.3 Å². The summed E-state index contributed by atoms with van der Waals surface area (Å²) in [6.45, 7) is 1.79. The number of nitrogens with zero attached hydrogens (tertiary/aromatic N) is 1. The van der Waals surface area contributed by atoms with Gasteiger partial charge >= 0.3 is 0 Å². The average Bonchev–Trinajstić information content (AvgIpc) is 3.30. The van der Waals surface area contributed by atoms with Crippen molar-refractivity contribution in [3.63, 3.8) is 0 Å². The second kappa shape index (κ2) is 5.90. The minimum Gasteiger partial charge on any atom is -0.496 e. The van der Waals surface area contributed by atoms with E-state index in [1.807, 2.05) is 24.4 Å². The molecule has 1 saturated carbocycles. The van der Waals surface area contributed by atoms with E-state index in [2.05, 4.69) is 16.4 Å². The van der Waals surface area contributed by atoms with Gasteiger partial charge in [0.15, 0.2) is 0 Å². The fraction of sp³-hybridized carbons (Fsp3) is 0.471. The number of nitrogens with one attached hydrogen (secondary N) is 1. The molecular weight excluding hydrogens is 264 g/mol. The van der Waals surface area contributed by atoms with Crippen LogP contribution < -0.4 is 10.1 Å². The van der Waals surface area contributed by atoms with Gasteiger partial charge in [-0.15, -0.1) is 0 Å². The lowest BCUT2D eigenvalue weighted by Crippen LogP contribution is -2.18. The number of hydrogen-bond acceptors (Lipinski definition) is 4. The Kier molecular flexibility index (Phi) is 3.97. The third-order valence-corrected chi connectivity index (χ3v) is 4.41. The van der Waals surface area contributed by atoms with Gasteiger partial charge in [-0.2, -0.15) is 0 Å². The normalized spacial score (nSPS) is 15.9. The summed E-state index contributed by atoms with van der Waals surface area (Å²) in [4.78, 5) is 4.50. The van der Waals surface area contributed by atoms with Crippen LogP contribution in [-0.2, 0) is 4.74 Å². The summed E-state index contributed by atoms with van der Waals surface area (Å²) in [6.07, 6.45) is 5.50. The van der Waals surface area contributed by atoms with Crippen molar-refractivity contribution in [3.05, 3.63) is 30.5 Å². The zero-order valence-electron chi connectivity index (χ0n) is 12.7. The lowest BCUT2D eigenvalue weighted by atomic mass is 10.0. The molecule has 112 valence electrons. The molecule has 3 rings (SSSR count). The Morgan fingerprint density at radius 1 is 1.19 bits per heavy atom. The third-order valence-electron chi connectivity index (χ3n) is 4.41. The second-order valence-corrected chi connectivity index (χ2v) is 5.81. The zero-order chi connectivity index (χ0) is 14.7. The summed E-state index contributed by atoms with van der Waals surface area (Å²) in [5.74, 6) is 1.83. The molecule has 0 aliphatic heterocycles. The highest BCUT2D eigenvalue weighted by atomic mass is 16.5. The monoisotopic (exact) mass is 286 g/mol. The molecule has 4 nitrogen and oxygen atoms in total. The maximum absolute atomic E-state index is 5.42. The molecule has 0 unspecified atom stereocenters. The smallest absolute Gasteiger partial charge is 0.133 e. The fourth-order valence-corrected chi connectivity index (χ4v) is 2.78. The van der Waals surface area contributed by atoms with E-state index < -0.39 is 0 Å². The number of hydrogen-bond donors (Lipinski definition) is 1. The van der Waals surface area contributed by atoms with Gasteiger partial charge in [0.2, 0.25) is 0 Å². The van der Waals surface area contributed by atoms with Gasteiger partial charge in [0.25, 0.3) is 0 Å². The highest BCUT2D eigenvalue weighted by Gasteiger charge is 2.41. The Balaban J connectivity index is 1.78. The van der Waals surface area contributed by atoms with Gasteiger partial charge in [0.05, 0.1) is 7.11 Å². The van der Waals surface area contributed by atoms with Crippen LogP contribution in [0.2, 0.25) is 0 Å². The molecule has 1 heterocycles. The molecule has 2 aromatic rings. The molecule has 0 bridgehead atoms. The summed E-state index contributed by atoms with van der Waals surface area (Å²) < 4.78 is 10.6. The topological polar surface area (TPSA) is 43.4 Å². The van der Waals surface area contributed by atoms with Crippen LogP contribution in [0.5, 0.6) is 5.75 Å². The van der Waals surface area contributed by atoms with E-state index >= 15 is 0 Å². The molecule has 1 N–H and O–H groups in total. The van der Waals surface area contributed by atoms with Crippen LogP contribution in [0, 0.1) is 5.41 Å². The third kappa shape index (κ3) is 2.95. The number of rotatable bonds is 7. The fourth-order valence-electron chi connectivity index (χ4n) is 2.78. The lowest BCUT2D eigenvalue weighted by Gasteiger charge is -2.17. The maximum atomic E-state index is 5.42. The van der Waals surface area contributed by atoms with Crippen molar-refractivity contribution in [3.8, 4) is 5.75 Å². The predicted octanol–water partition coefficient (Wildman–Crippen LogP) is 3.47. The van der Waals surface area contributed by atoms with Gasteiger partial charge in [0, 0.05) is 37.2 Å². The van der Waals surface area contributed by atoms with Crippen molar-refractivity contribution in [1.82, 2.24) is 4.98 Å². The SMILES string of the molecule is COCCC1(CNc2nccc3c(OC)cccc23)CC1. The molecule has 1 fully saturated rings. The van der Waals surface area contributed by atoms with E-state index in [4.69, 9.17) is 9.47 Å². The van der Waals surface area contributed by atoms with E-state index in [1.165, 1.54) is 12.8 Å². The molecule has 4 heteroatoms. The van der Waals surface area contributed by atoms with E-state index in [-0.39, 0.29) is 0 Å². The number of pyridine rings is 1. The first-order chi connectivity index (χ1) is 10.3. The van der Waals surface area contributed by atoms with Crippen LogP contribution in [-0.4, -0.2) is 32.4 Å². The number of ether oxygens (including phenoxy) is 2. The summed E-state index contributed by atoms with van der Waals surface area (Å²) >= 11 is 0.